The summed E-state index contributed by atoms with van der Waals surface area (Å²) in [4.78, 5) is 24.2. The minimum absolute atomic E-state index is 0.0881. The molecule has 2 N–H and O–H groups in total. The summed E-state index contributed by atoms with van der Waals surface area (Å²) in [6, 6.07) is 0. The lowest BCUT2D eigenvalue weighted by atomic mass is 9.84. The highest BCUT2D eigenvalue weighted by molar-refractivity contribution is 5.96. The van der Waals surface area contributed by atoms with Crippen molar-refractivity contribution in [2.75, 3.05) is 0 Å². The van der Waals surface area contributed by atoms with Crippen molar-refractivity contribution in [2.24, 2.45) is 23.7 Å². The SMILES string of the molecule is CC(C)OC(=O)CCCC(=O)C1=CC2C[C@H](O)[C@@H](C#C[C@@H](O)C3CCCCC3)C2C1. The number of aliphatic hydroxyl groups excluding tert-OH is 2. The molecule has 0 amide bonds. The fraction of sp³-hybridized carbons (Fsp3) is 0.760. The second-order valence-corrected chi connectivity index (χ2v) is 9.50. The average Bonchev–Trinajstić information content (AvgIpc) is 3.23. The molecule has 3 rings (SSSR count). The fourth-order valence-corrected chi connectivity index (χ4v) is 5.24. The topological polar surface area (TPSA) is 83.8 Å². The summed E-state index contributed by atoms with van der Waals surface area (Å²) >= 11 is 0. The number of esters is 1. The van der Waals surface area contributed by atoms with Crippen molar-refractivity contribution >= 4 is 11.8 Å². The molecule has 0 aromatic carbocycles. The van der Waals surface area contributed by atoms with Crippen LogP contribution in [0.4, 0.5) is 0 Å². The predicted octanol–water partition coefficient (Wildman–Crippen LogP) is 3.57. The number of allylic oxidation sites excluding steroid dienone is 2. The lowest BCUT2D eigenvalue weighted by Gasteiger charge is -2.23. The Labute approximate surface area is 180 Å². The van der Waals surface area contributed by atoms with Gasteiger partial charge in [0, 0.05) is 12.8 Å². The number of rotatable bonds is 7. The van der Waals surface area contributed by atoms with Crippen molar-refractivity contribution in [3.63, 3.8) is 0 Å². The van der Waals surface area contributed by atoms with E-state index in [-0.39, 0.29) is 47.9 Å². The summed E-state index contributed by atoms with van der Waals surface area (Å²) in [5.74, 6) is 6.43. The van der Waals surface area contributed by atoms with Gasteiger partial charge in [-0.05, 0) is 69.3 Å². The van der Waals surface area contributed by atoms with Crippen LogP contribution in [0.15, 0.2) is 11.6 Å². The molecule has 0 saturated heterocycles. The second kappa shape index (κ2) is 10.6. The number of ketones is 1. The Morgan fingerprint density at radius 2 is 1.93 bits per heavy atom. The van der Waals surface area contributed by atoms with Crippen LogP contribution in [0.5, 0.6) is 0 Å². The minimum Gasteiger partial charge on any atom is -0.463 e. The number of ether oxygens (including phenoxy) is 1. The van der Waals surface area contributed by atoms with Crippen LogP contribution >= 0.6 is 0 Å². The monoisotopic (exact) mass is 416 g/mol. The van der Waals surface area contributed by atoms with Crippen molar-refractivity contribution in [3.8, 4) is 11.8 Å². The molecule has 0 aromatic rings. The molecule has 3 aliphatic rings. The summed E-state index contributed by atoms with van der Waals surface area (Å²) in [5.41, 5.74) is 0.814. The van der Waals surface area contributed by atoms with Crippen LogP contribution in [0.25, 0.3) is 0 Å². The number of hydrogen-bond donors (Lipinski definition) is 2. The smallest absolute Gasteiger partial charge is 0.306 e. The van der Waals surface area contributed by atoms with Crippen LogP contribution < -0.4 is 0 Å². The van der Waals surface area contributed by atoms with E-state index in [2.05, 4.69) is 11.8 Å². The first-order valence-electron chi connectivity index (χ1n) is 11.7. The third kappa shape index (κ3) is 5.95. The van der Waals surface area contributed by atoms with Gasteiger partial charge in [-0.1, -0.05) is 37.2 Å². The van der Waals surface area contributed by atoms with Crippen LogP contribution in [0.1, 0.15) is 78.1 Å². The van der Waals surface area contributed by atoms with Gasteiger partial charge in [0.1, 0.15) is 6.10 Å². The summed E-state index contributed by atoms with van der Waals surface area (Å²) in [7, 11) is 0. The second-order valence-electron chi connectivity index (χ2n) is 9.50. The van der Waals surface area contributed by atoms with Gasteiger partial charge in [0.2, 0.25) is 0 Å². The van der Waals surface area contributed by atoms with Gasteiger partial charge < -0.3 is 14.9 Å². The third-order valence-electron chi connectivity index (χ3n) is 6.81. The van der Waals surface area contributed by atoms with Gasteiger partial charge in [-0.15, -0.1) is 0 Å². The van der Waals surface area contributed by atoms with Gasteiger partial charge in [-0.25, -0.2) is 0 Å². The molecule has 0 bridgehead atoms. The zero-order chi connectivity index (χ0) is 21.7. The lowest BCUT2D eigenvalue weighted by molar-refractivity contribution is -0.147. The molecule has 0 spiro atoms. The van der Waals surface area contributed by atoms with Gasteiger partial charge in [-0.2, -0.15) is 0 Å². The molecule has 2 saturated carbocycles. The van der Waals surface area contributed by atoms with E-state index in [9.17, 15) is 19.8 Å². The zero-order valence-corrected chi connectivity index (χ0v) is 18.3. The quantitative estimate of drug-likeness (QED) is 0.490. The highest BCUT2D eigenvalue weighted by Gasteiger charge is 2.45. The summed E-state index contributed by atoms with van der Waals surface area (Å²) in [6.45, 7) is 3.63. The third-order valence-corrected chi connectivity index (χ3v) is 6.81. The number of aliphatic hydroxyl groups is 2. The predicted molar refractivity (Wildman–Crippen MR) is 114 cm³/mol. The molecule has 166 valence electrons. The Hall–Kier alpha value is -1.64. The number of hydrogen-bond acceptors (Lipinski definition) is 5. The molecule has 5 heteroatoms. The molecule has 5 nitrogen and oxygen atoms in total. The first-order chi connectivity index (χ1) is 14.3. The van der Waals surface area contributed by atoms with E-state index in [1.807, 2.05) is 19.9 Å². The first-order valence-corrected chi connectivity index (χ1v) is 11.7. The lowest BCUT2D eigenvalue weighted by Crippen LogP contribution is -2.23. The van der Waals surface area contributed by atoms with Gasteiger partial charge in [-0.3, -0.25) is 9.59 Å². The van der Waals surface area contributed by atoms with E-state index in [4.69, 9.17) is 4.74 Å². The normalized spacial score (nSPS) is 29.7. The summed E-state index contributed by atoms with van der Waals surface area (Å²) in [6.07, 6.45) is 8.75. The molecule has 5 atom stereocenters. The molecule has 30 heavy (non-hydrogen) atoms. The van der Waals surface area contributed by atoms with E-state index < -0.39 is 12.2 Å². The average molecular weight is 417 g/mol. The molecule has 2 fully saturated rings. The highest BCUT2D eigenvalue weighted by atomic mass is 16.5. The summed E-state index contributed by atoms with van der Waals surface area (Å²) in [5, 5.41) is 20.9. The van der Waals surface area contributed by atoms with E-state index >= 15 is 0 Å². The molecule has 0 heterocycles. The van der Waals surface area contributed by atoms with Gasteiger partial charge in [0.05, 0.1) is 18.1 Å². The van der Waals surface area contributed by atoms with Crippen molar-refractivity contribution in [1.82, 2.24) is 0 Å². The highest BCUT2D eigenvalue weighted by Crippen LogP contribution is 2.47. The van der Waals surface area contributed by atoms with Gasteiger partial charge in [0.15, 0.2) is 5.78 Å². The molecule has 0 aliphatic heterocycles. The maximum atomic E-state index is 12.6. The molecular weight excluding hydrogens is 380 g/mol. The maximum Gasteiger partial charge on any atom is 0.306 e. The molecule has 3 aliphatic carbocycles. The summed E-state index contributed by atoms with van der Waals surface area (Å²) < 4.78 is 5.11. The molecule has 2 unspecified atom stereocenters. The Morgan fingerprint density at radius 3 is 2.63 bits per heavy atom. The maximum absolute atomic E-state index is 12.6. The number of carbonyl (C=O) groups excluding carboxylic acids is 2. The molecule has 0 aromatic heterocycles. The molecular formula is C25H36O5. The van der Waals surface area contributed by atoms with Crippen LogP contribution in [-0.2, 0) is 14.3 Å². The van der Waals surface area contributed by atoms with Crippen LogP contribution in [0.3, 0.4) is 0 Å². The number of fused-ring (bicyclic) bond motifs is 1. The van der Waals surface area contributed by atoms with Gasteiger partial charge in [0.25, 0.3) is 0 Å². The zero-order valence-electron chi connectivity index (χ0n) is 18.3. The van der Waals surface area contributed by atoms with Crippen molar-refractivity contribution in [2.45, 2.75) is 96.4 Å². The van der Waals surface area contributed by atoms with E-state index in [1.54, 1.807) is 0 Å². The van der Waals surface area contributed by atoms with E-state index in [0.29, 0.717) is 25.7 Å². The largest absolute Gasteiger partial charge is 0.463 e. The first kappa shape index (κ1) is 23.0. The van der Waals surface area contributed by atoms with Crippen LogP contribution in [-0.4, -0.2) is 40.3 Å². The minimum atomic E-state index is -0.613. The number of Topliss-reactive ketones (excluding diaryl/α,β-unsaturated/α-hetero) is 1. The van der Waals surface area contributed by atoms with Crippen molar-refractivity contribution in [1.29, 1.82) is 0 Å². The van der Waals surface area contributed by atoms with Crippen LogP contribution in [0, 0.1) is 35.5 Å². The molecule has 0 radical (unpaired) electrons. The Morgan fingerprint density at radius 1 is 1.20 bits per heavy atom. The van der Waals surface area contributed by atoms with E-state index in [0.717, 1.165) is 31.3 Å². The Balaban J connectivity index is 1.50. The van der Waals surface area contributed by atoms with Crippen molar-refractivity contribution < 1.29 is 24.5 Å². The Kier molecular flexibility index (Phi) is 8.13. The van der Waals surface area contributed by atoms with E-state index in [1.165, 1.54) is 6.42 Å². The van der Waals surface area contributed by atoms with Crippen LogP contribution in [0.2, 0.25) is 0 Å². The fourth-order valence-electron chi connectivity index (χ4n) is 5.24. The van der Waals surface area contributed by atoms with Crippen molar-refractivity contribution in [3.05, 3.63) is 11.6 Å². The standard InChI is InChI=1S/C25H36O5/c1-16(2)30-25(29)10-6-9-22(26)19-13-18-15-24(28)20(21(18)14-19)11-12-23(27)17-7-4-3-5-8-17/h13,16-18,20-21,23-24,27-28H,3-10,14-15H2,1-2H3/t18?,20-,21?,23+,24-/m0/s1. The van der Waals surface area contributed by atoms with Gasteiger partial charge >= 0.3 is 5.97 Å². The Bertz CT molecular complexity index is 707. The number of carbonyl (C=O) groups is 2.